The van der Waals surface area contributed by atoms with Crippen LogP contribution in [-0.2, 0) is 4.79 Å². The molecule has 19 heavy (non-hydrogen) atoms. The van der Waals surface area contributed by atoms with Gasteiger partial charge in [-0.15, -0.1) is 0 Å². The van der Waals surface area contributed by atoms with E-state index in [9.17, 15) is 4.79 Å². The Bertz CT molecular complexity index is 663. The van der Waals surface area contributed by atoms with Gasteiger partial charge in [0.05, 0.1) is 0 Å². The Balaban J connectivity index is 2.03. The van der Waals surface area contributed by atoms with E-state index in [1.165, 1.54) is 5.56 Å². The largest absolute Gasteiger partial charge is 0.294 e. The van der Waals surface area contributed by atoms with Crippen LogP contribution in [0.5, 0.6) is 0 Å². The average Bonchev–Trinajstić information content (AvgIpc) is 2.49. The third kappa shape index (κ3) is 2.41. The van der Waals surface area contributed by atoms with Crippen molar-refractivity contribution in [2.24, 2.45) is 0 Å². The van der Waals surface area contributed by atoms with E-state index in [0.29, 0.717) is 6.42 Å². The summed E-state index contributed by atoms with van der Waals surface area (Å²) < 4.78 is 0. The molecule has 92 valence electrons. The molecule has 0 saturated carbocycles. The summed E-state index contributed by atoms with van der Waals surface area (Å²) in [5.74, 6) is 0.188. The van der Waals surface area contributed by atoms with Crippen molar-refractivity contribution in [1.29, 1.82) is 0 Å². The van der Waals surface area contributed by atoms with Crippen LogP contribution < -0.4 is 0 Å². The molecule has 0 fully saturated rings. The minimum absolute atomic E-state index is 0.188. The summed E-state index contributed by atoms with van der Waals surface area (Å²) in [6, 6.07) is 18.4. The van der Waals surface area contributed by atoms with Crippen molar-refractivity contribution in [2.45, 2.75) is 6.42 Å². The lowest BCUT2D eigenvalue weighted by atomic mass is 9.93. The molecule has 1 nitrogen and oxygen atoms in total. The Hall–Kier alpha value is -2.41. The van der Waals surface area contributed by atoms with E-state index < -0.39 is 0 Å². The molecule has 0 amide bonds. The minimum atomic E-state index is 0.188. The van der Waals surface area contributed by atoms with Crippen molar-refractivity contribution in [3.8, 4) is 11.1 Å². The Morgan fingerprint density at radius 1 is 0.789 bits per heavy atom. The van der Waals surface area contributed by atoms with Gasteiger partial charge in [0, 0.05) is 12.0 Å². The van der Waals surface area contributed by atoms with Crippen molar-refractivity contribution in [2.75, 3.05) is 0 Å². The van der Waals surface area contributed by atoms with Crippen LogP contribution in [0.25, 0.3) is 16.7 Å². The lowest BCUT2D eigenvalue weighted by Crippen LogP contribution is -2.02. The van der Waals surface area contributed by atoms with Gasteiger partial charge in [-0.25, -0.2) is 0 Å². The number of benzene rings is 2. The predicted molar refractivity (Wildman–Crippen MR) is 78.6 cm³/mol. The van der Waals surface area contributed by atoms with Crippen LogP contribution in [0.3, 0.4) is 0 Å². The van der Waals surface area contributed by atoms with Gasteiger partial charge >= 0.3 is 0 Å². The smallest absolute Gasteiger partial charge is 0.167 e. The van der Waals surface area contributed by atoms with Gasteiger partial charge in [0.1, 0.15) is 0 Å². The zero-order valence-corrected chi connectivity index (χ0v) is 10.5. The van der Waals surface area contributed by atoms with Gasteiger partial charge in [0.2, 0.25) is 0 Å². The summed E-state index contributed by atoms with van der Waals surface area (Å²) in [4.78, 5) is 11.9. The van der Waals surface area contributed by atoms with Crippen LogP contribution in [0, 0.1) is 0 Å². The summed E-state index contributed by atoms with van der Waals surface area (Å²) in [6.07, 6.45) is 6.25. The molecule has 0 bridgehead atoms. The van der Waals surface area contributed by atoms with Gasteiger partial charge in [-0.05, 0) is 22.8 Å². The SMILES string of the molecule is O=C1CC=CC=C1c1cccc(-c2ccccc2)c1. The Morgan fingerprint density at radius 3 is 2.32 bits per heavy atom. The van der Waals surface area contributed by atoms with Crippen molar-refractivity contribution < 1.29 is 4.79 Å². The molecule has 2 aromatic carbocycles. The molecule has 0 saturated heterocycles. The van der Waals surface area contributed by atoms with Crippen LogP contribution in [-0.4, -0.2) is 5.78 Å². The summed E-state index contributed by atoms with van der Waals surface area (Å²) >= 11 is 0. The van der Waals surface area contributed by atoms with Crippen LogP contribution in [0.15, 0.2) is 72.8 Å². The first-order valence-corrected chi connectivity index (χ1v) is 6.40. The van der Waals surface area contributed by atoms with E-state index in [1.807, 2.05) is 48.6 Å². The highest BCUT2D eigenvalue weighted by atomic mass is 16.1. The van der Waals surface area contributed by atoms with Crippen LogP contribution in [0.1, 0.15) is 12.0 Å². The van der Waals surface area contributed by atoms with Crippen molar-refractivity contribution in [3.63, 3.8) is 0 Å². The second kappa shape index (κ2) is 5.07. The second-order valence-electron chi connectivity index (χ2n) is 4.58. The number of rotatable bonds is 2. The zero-order valence-electron chi connectivity index (χ0n) is 10.5. The first kappa shape index (κ1) is 11.7. The molecule has 2 aromatic rings. The van der Waals surface area contributed by atoms with Gasteiger partial charge in [-0.2, -0.15) is 0 Å². The predicted octanol–water partition coefficient (Wildman–Crippen LogP) is 4.27. The van der Waals surface area contributed by atoms with E-state index in [0.717, 1.165) is 16.7 Å². The Morgan fingerprint density at radius 2 is 1.53 bits per heavy atom. The first-order valence-electron chi connectivity index (χ1n) is 6.40. The molecule has 0 N–H and O–H groups in total. The van der Waals surface area contributed by atoms with Crippen molar-refractivity contribution >= 4 is 11.4 Å². The van der Waals surface area contributed by atoms with Crippen LogP contribution in [0.2, 0.25) is 0 Å². The average molecular weight is 246 g/mol. The highest BCUT2D eigenvalue weighted by Gasteiger charge is 2.12. The minimum Gasteiger partial charge on any atom is -0.294 e. The molecule has 0 atom stereocenters. The molecule has 0 heterocycles. The fraction of sp³-hybridized carbons (Fsp3) is 0.0556. The maximum atomic E-state index is 11.9. The van der Waals surface area contributed by atoms with E-state index in [-0.39, 0.29) is 5.78 Å². The second-order valence-corrected chi connectivity index (χ2v) is 4.58. The van der Waals surface area contributed by atoms with E-state index in [2.05, 4.69) is 24.3 Å². The lowest BCUT2D eigenvalue weighted by Gasteiger charge is -2.10. The number of Topliss-reactive ketones (excluding diaryl/α,β-unsaturated/α-hetero) is 1. The molecule has 0 radical (unpaired) electrons. The molecular weight excluding hydrogens is 232 g/mol. The fourth-order valence-electron chi connectivity index (χ4n) is 2.30. The highest BCUT2D eigenvalue weighted by molar-refractivity contribution is 6.22. The van der Waals surface area contributed by atoms with E-state index >= 15 is 0 Å². The molecule has 0 aliphatic heterocycles. The fourth-order valence-corrected chi connectivity index (χ4v) is 2.30. The summed E-state index contributed by atoms with van der Waals surface area (Å²) in [5, 5.41) is 0. The maximum absolute atomic E-state index is 11.9. The summed E-state index contributed by atoms with van der Waals surface area (Å²) in [7, 11) is 0. The number of carbonyl (C=O) groups excluding carboxylic acids is 1. The van der Waals surface area contributed by atoms with Gasteiger partial charge in [0.15, 0.2) is 5.78 Å². The van der Waals surface area contributed by atoms with E-state index in [4.69, 9.17) is 0 Å². The Kier molecular flexibility index (Phi) is 3.11. The van der Waals surface area contributed by atoms with Gasteiger partial charge < -0.3 is 0 Å². The standard InChI is InChI=1S/C18H14O/c19-18-12-5-4-11-17(18)16-10-6-9-15(13-16)14-7-2-1-3-8-14/h1-11,13H,12H2. The molecule has 1 heteroatoms. The van der Waals surface area contributed by atoms with E-state index in [1.54, 1.807) is 0 Å². The highest BCUT2D eigenvalue weighted by Crippen LogP contribution is 2.26. The normalized spacial score (nSPS) is 14.3. The molecule has 0 aromatic heterocycles. The third-order valence-electron chi connectivity index (χ3n) is 3.28. The van der Waals surface area contributed by atoms with Gasteiger partial charge in [0.25, 0.3) is 0 Å². The molecule has 0 spiro atoms. The molecular formula is C18H14O. The van der Waals surface area contributed by atoms with Gasteiger partial charge in [-0.1, -0.05) is 66.8 Å². The van der Waals surface area contributed by atoms with Crippen LogP contribution >= 0.6 is 0 Å². The summed E-state index contributed by atoms with van der Waals surface area (Å²) in [6.45, 7) is 0. The lowest BCUT2D eigenvalue weighted by molar-refractivity contribution is -0.113. The topological polar surface area (TPSA) is 17.1 Å². The van der Waals surface area contributed by atoms with Crippen molar-refractivity contribution in [1.82, 2.24) is 0 Å². The van der Waals surface area contributed by atoms with Crippen molar-refractivity contribution in [3.05, 3.63) is 78.4 Å². The van der Waals surface area contributed by atoms with Crippen LogP contribution in [0.4, 0.5) is 0 Å². The molecule has 0 unspecified atom stereocenters. The number of allylic oxidation sites excluding steroid dienone is 4. The third-order valence-corrected chi connectivity index (χ3v) is 3.28. The number of hydrogen-bond acceptors (Lipinski definition) is 1. The molecule has 3 rings (SSSR count). The Labute approximate surface area is 112 Å². The molecule has 1 aliphatic rings. The number of ketones is 1. The zero-order chi connectivity index (χ0) is 13.1. The van der Waals surface area contributed by atoms with Gasteiger partial charge in [-0.3, -0.25) is 4.79 Å². The quantitative estimate of drug-likeness (QED) is 0.773. The maximum Gasteiger partial charge on any atom is 0.167 e. The monoisotopic (exact) mass is 246 g/mol. The number of hydrogen-bond donors (Lipinski definition) is 0. The molecule has 1 aliphatic carbocycles. The summed E-state index contributed by atoms with van der Waals surface area (Å²) in [5.41, 5.74) is 4.11. The number of carbonyl (C=O) groups is 1. The first-order chi connectivity index (χ1) is 9.34.